The summed E-state index contributed by atoms with van der Waals surface area (Å²) in [6, 6.07) is 14.7. The molecule has 1 atom stereocenters. The largest absolute Gasteiger partial charge is 0.309 e. The van der Waals surface area contributed by atoms with Crippen molar-refractivity contribution in [3.63, 3.8) is 0 Å². The van der Waals surface area contributed by atoms with Crippen LogP contribution in [0.1, 0.15) is 17.2 Å². The van der Waals surface area contributed by atoms with Crippen molar-refractivity contribution in [3.05, 3.63) is 74.9 Å². The molecule has 3 aromatic rings. The molecule has 1 heterocycles. The van der Waals surface area contributed by atoms with Crippen LogP contribution in [-0.4, -0.2) is 12.0 Å². The van der Waals surface area contributed by atoms with Gasteiger partial charge in [-0.15, -0.1) is 0 Å². The van der Waals surface area contributed by atoms with E-state index in [0.717, 1.165) is 14.3 Å². The lowest BCUT2D eigenvalue weighted by Gasteiger charge is -2.20. The minimum Gasteiger partial charge on any atom is -0.309 e. The van der Waals surface area contributed by atoms with Crippen LogP contribution in [0.4, 0.5) is 0 Å². The van der Waals surface area contributed by atoms with Gasteiger partial charge in [0, 0.05) is 26.7 Å². The van der Waals surface area contributed by atoms with Crippen molar-refractivity contribution in [2.75, 3.05) is 7.05 Å². The molecule has 4 heteroatoms. The molecule has 0 amide bonds. The summed E-state index contributed by atoms with van der Waals surface area (Å²) in [5, 5.41) is 5.78. The highest BCUT2D eigenvalue weighted by atomic mass is 79.9. The molecule has 0 radical (unpaired) electrons. The Morgan fingerprint density at radius 2 is 1.81 bits per heavy atom. The number of rotatable bonds is 3. The minimum absolute atomic E-state index is 0.0890. The minimum atomic E-state index is 0.0890. The number of pyridine rings is 1. The fourth-order valence-electron chi connectivity index (χ4n) is 2.58. The van der Waals surface area contributed by atoms with Gasteiger partial charge in [0.2, 0.25) is 0 Å². The molecule has 106 valence electrons. The van der Waals surface area contributed by atoms with Gasteiger partial charge in [0.15, 0.2) is 0 Å². The third-order valence-electron chi connectivity index (χ3n) is 3.57. The molecular formula is C17H14Br2N2. The summed E-state index contributed by atoms with van der Waals surface area (Å²) in [6.45, 7) is 0. The molecule has 2 aromatic carbocycles. The van der Waals surface area contributed by atoms with Crippen molar-refractivity contribution in [1.29, 1.82) is 0 Å². The van der Waals surface area contributed by atoms with E-state index in [1.54, 1.807) is 0 Å². The quantitative estimate of drug-likeness (QED) is 0.657. The molecule has 0 saturated heterocycles. The van der Waals surface area contributed by atoms with Crippen LogP contribution < -0.4 is 5.32 Å². The fourth-order valence-corrected chi connectivity index (χ4v) is 3.86. The van der Waals surface area contributed by atoms with E-state index in [-0.39, 0.29) is 6.04 Å². The number of nitrogens with one attached hydrogen (secondary N) is 1. The third-order valence-corrected chi connectivity index (χ3v) is 4.75. The van der Waals surface area contributed by atoms with Crippen LogP contribution in [0.5, 0.6) is 0 Å². The number of aromatic nitrogens is 1. The summed E-state index contributed by atoms with van der Waals surface area (Å²) in [6.07, 6.45) is 3.85. The number of halogens is 2. The van der Waals surface area contributed by atoms with Crippen LogP contribution in [0.25, 0.3) is 10.8 Å². The molecule has 1 N–H and O–H groups in total. The molecule has 0 spiro atoms. The van der Waals surface area contributed by atoms with E-state index in [2.05, 4.69) is 78.6 Å². The topological polar surface area (TPSA) is 24.9 Å². The number of nitrogens with zero attached hydrogens (tertiary/aromatic N) is 1. The van der Waals surface area contributed by atoms with E-state index in [9.17, 15) is 0 Å². The summed E-state index contributed by atoms with van der Waals surface area (Å²) in [4.78, 5) is 4.39. The Bertz CT molecular complexity index is 781. The van der Waals surface area contributed by atoms with Crippen molar-refractivity contribution < 1.29 is 0 Å². The van der Waals surface area contributed by atoms with Gasteiger partial charge in [0.05, 0.1) is 6.04 Å². The summed E-state index contributed by atoms with van der Waals surface area (Å²) in [5.74, 6) is 0. The second kappa shape index (κ2) is 6.26. The number of fused-ring (bicyclic) bond motifs is 1. The number of hydrogen-bond acceptors (Lipinski definition) is 2. The first kappa shape index (κ1) is 14.7. The van der Waals surface area contributed by atoms with Crippen molar-refractivity contribution in [2.24, 2.45) is 0 Å². The molecule has 0 aliphatic heterocycles. The summed E-state index contributed by atoms with van der Waals surface area (Å²) in [7, 11) is 1.97. The molecule has 2 nitrogen and oxygen atoms in total. The Morgan fingerprint density at radius 3 is 2.57 bits per heavy atom. The summed E-state index contributed by atoms with van der Waals surface area (Å²) >= 11 is 7.16. The molecule has 0 fully saturated rings. The molecular weight excluding hydrogens is 392 g/mol. The maximum absolute atomic E-state index is 4.39. The normalized spacial score (nSPS) is 12.5. The van der Waals surface area contributed by atoms with Gasteiger partial charge in [0.25, 0.3) is 0 Å². The molecule has 0 saturated carbocycles. The molecule has 3 rings (SSSR count). The highest BCUT2D eigenvalue weighted by Gasteiger charge is 2.17. The Labute approximate surface area is 140 Å². The van der Waals surface area contributed by atoms with Gasteiger partial charge in [0.1, 0.15) is 0 Å². The maximum atomic E-state index is 4.39. The van der Waals surface area contributed by atoms with E-state index < -0.39 is 0 Å². The lowest BCUT2D eigenvalue weighted by atomic mass is 9.96. The van der Waals surface area contributed by atoms with Crippen LogP contribution in [0.3, 0.4) is 0 Å². The number of hydrogen-bond donors (Lipinski definition) is 1. The first-order valence-electron chi connectivity index (χ1n) is 6.65. The predicted octanol–water partition coefficient (Wildman–Crippen LogP) is 5.07. The van der Waals surface area contributed by atoms with E-state index in [1.165, 1.54) is 16.5 Å². The van der Waals surface area contributed by atoms with Crippen LogP contribution in [-0.2, 0) is 0 Å². The van der Waals surface area contributed by atoms with Gasteiger partial charge in [-0.05, 0) is 35.7 Å². The zero-order chi connectivity index (χ0) is 14.8. The first-order chi connectivity index (χ1) is 10.2. The SMILES string of the molecule is CNC(c1ccc(Br)cc1Br)c1cncc2ccccc12. The summed E-state index contributed by atoms with van der Waals surface area (Å²) in [5.41, 5.74) is 2.37. The first-order valence-corrected chi connectivity index (χ1v) is 8.24. The second-order valence-electron chi connectivity index (χ2n) is 4.84. The van der Waals surface area contributed by atoms with Crippen molar-refractivity contribution in [2.45, 2.75) is 6.04 Å². The van der Waals surface area contributed by atoms with Gasteiger partial charge >= 0.3 is 0 Å². The molecule has 1 aromatic heterocycles. The fraction of sp³-hybridized carbons (Fsp3) is 0.118. The van der Waals surface area contributed by atoms with Crippen LogP contribution in [0, 0.1) is 0 Å². The average Bonchev–Trinajstić information content (AvgIpc) is 2.50. The average molecular weight is 406 g/mol. The molecule has 21 heavy (non-hydrogen) atoms. The summed E-state index contributed by atoms with van der Waals surface area (Å²) < 4.78 is 2.13. The lowest BCUT2D eigenvalue weighted by Crippen LogP contribution is -2.18. The maximum Gasteiger partial charge on any atom is 0.0606 e. The van der Waals surface area contributed by atoms with Gasteiger partial charge in [-0.1, -0.05) is 62.2 Å². The molecule has 1 unspecified atom stereocenters. The van der Waals surface area contributed by atoms with Crippen LogP contribution in [0.2, 0.25) is 0 Å². The predicted molar refractivity (Wildman–Crippen MR) is 94.5 cm³/mol. The van der Waals surface area contributed by atoms with Crippen LogP contribution >= 0.6 is 31.9 Å². The lowest BCUT2D eigenvalue weighted by molar-refractivity contribution is 0.691. The molecule has 0 aliphatic rings. The zero-order valence-corrected chi connectivity index (χ0v) is 14.6. The Balaban J connectivity index is 2.18. The highest BCUT2D eigenvalue weighted by Crippen LogP contribution is 2.33. The van der Waals surface area contributed by atoms with Gasteiger partial charge < -0.3 is 5.32 Å². The molecule has 0 aliphatic carbocycles. The van der Waals surface area contributed by atoms with Crippen molar-refractivity contribution >= 4 is 42.6 Å². The van der Waals surface area contributed by atoms with Gasteiger partial charge in [-0.25, -0.2) is 0 Å². The standard InChI is InChI=1S/C17H14Br2N2/c1-20-17(14-7-6-12(18)8-16(14)19)15-10-21-9-11-4-2-3-5-13(11)15/h2-10,17,20H,1H3. The van der Waals surface area contributed by atoms with Crippen molar-refractivity contribution in [1.82, 2.24) is 10.3 Å². The van der Waals surface area contributed by atoms with Gasteiger partial charge in [-0.3, -0.25) is 4.98 Å². The van der Waals surface area contributed by atoms with E-state index in [0.29, 0.717) is 0 Å². The third kappa shape index (κ3) is 2.89. The van der Waals surface area contributed by atoms with E-state index >= 15 is 0 Å². The highest BCUT2D eigenvalue weighted by molar-refractivity contribution is 9.11. The monoisotopic (exact) mass is 404 g/mol. The second-order valence-corrected chi connectivity index (χ2v) is 6.61. The van der Waals surface area contributed by atoms with E-state index in [1.807, 2.05) is 25.5 Å². The Kier molecular flexibility index (Phi) is 4.38. The molecule has 0 bridgehead atoms. The smallest absolute Gasteiger partial charge is 0.0606 e. The van der Waals surface area contributed by atoms with Crippen LogP contribution in [0.15, 0.2) is 63.8 Å². The van der Waals surface area contributed by atoms with E-state index in [4.69, 9.17) is 0 Å². The van der Waals surface area contributed by atoms with Crippen molar-refractivity contribution in [3.8, 4) is 0 Å². The Hall–Kier alpha value is -1.23. The zero-order valence-electron chi connectivity index (χ0n) is 11.5. The Morgan fingerprint density at radius 1 is 1.00 bits per heavy atom. The van der Waals surface area contributed by atoms with Gasteiger partial charge in [-0.2, -0.15) is 0 Å². The number of benzene rings is 2.